The normalized spacial score (nSPS) is 18.2. The van der Waals surface area contributed by atoms with E-state index in [0.29, 0.717) is 6.54 Å². The van der Waals surface area contributed by atoms with Gasteiger partial charge in [-0.3, -0.25) is 4.90 Å². The summed E-state index contributed by atoms with van der Waals surface area (Å²) in [5, 5.41) is 7.48. The second-order valence-electron chi connectivity index (χ2n) is 8.35. The number of guanidine groups is 1. The number of hydrogen-bond donors (Lipinski definition) is 1. The van der Waals surface area contributed by atoms with Gasteiger partial charge in [0.1, 0.15) is 12.1 Å². The molecule has 0 aromatic carbocycles. The van der Waals surface area contributed by atoms with Gasteiger partial charge in [0.15, 0.2) is 5.96 Å². The second kappa shape index (κ2) is 13.0. The Balaban J connectivity index is 0.00000289. The number of piperazine rings is 1. The Bertz CT molecular complexity index is 796. The van der Waals surface area contributed by atoms with Gasteiger partial charge in [0.05, 0.1) is 12.2 Å². The molecule has 4 rings (SSSR count). The van der Waals surface area contributed by atoms with Gasteiger partial charge in [0.25, 0.3) is 0 Å². The summed E-state index contributed by atoms with van der Waals surface area (Å²) < 4.78 is 4.94. The van der Waals surface area contributed by atoms with Crippen LogP contribution in [0.25, 0.3) is 0 Å². The predicted octanol–water partition coefficient (Wildman–Crippen LogP) is 3.35. The van der Waals surface area contributed by atoms with Crippen molar-refractivity contribution in [2.24, 2.45) is 4.99 Å². The summed E-state index contributed by atoms with van der Waals surface area (Å²) in [7, 11) is 0. The number of nitrogens with one attached hydrogen (secondary N) is 1. The number of nitrogens with zero attached hydrogens (tertiary/aromatic N) is 6. The van der Waals surface area contributed by atoms with Crippen LogP contribution in [0.15, 0.2) is 40.2 Å². The quantitative estimate of drug-likeness (QED) is 0.334. The highest BCUT2D eigenvalue weighted by molar-refractivity contribution is 14.0. The molecular weight excluding hydrogens is 517 g/mol. The fourth-order valence-electron chi connectivity index (χ4n) is 4.26. The largest absolute Gasteiger partial charge is 0.364 e. The highest BCUT2D eigenvalue weighted by atomic mass is 127. The molecule has 0 saturated carbocycles. The van der Waals surface area contributed by atoms with Crippen molar-refractivity contribution < 1.29 is 4.52 Å². The number of aliphatic imine (C=N–C) groups is 1. The number of pyridine rings is 1. The molecular formula is C23H36IN7O. The smallest absolute Gasteiger partial charge is 0.194 e. The van der Waals surface area contributed by atoms with Crippen molar-refractivity contribution in [1.29, 1.82) is 0 Å². The lowest BCUT2D eigenvalue weighted by molar-refractivity contribution is 0.169. The minimum Gasteiger partial charge on any atom is -0.364 e. The van der Waals surface area contributed by atoms with Crippen LogP contribution in [0.2, 0.25) is 0 Å². The van der Waals surface area contributed by atoms with Gasteiger partial charge in [-0.2, -0.15) is 0 Å². The van der Waals surface area contributed by atoms with Crippen LogP contribution in [0.4, 0.5) is 5.82 Å². The SMILES string of the molecule is CCNC(=NCc1ccc(N2CCCCCC2)nc1)N1CCN(Cc2ccon2)CC1.I. The van der Waals surface area contributed by atoms with Crippen molar-refractivity contribution in [3.05, 3.63) is 41.9 Å². The molecule has 2 saturated heterocycles. The molecule has 0 aliphatic carbocycles. The maximum atomic E-state index is 4.94. The molecule has 2 aliphatic heterocycles. The van der Waals surface area contributed by atoms with E-state index in [-0.39, 0.29) is 24.0 Å². The highest BCUT2D eigenvalue weighted by Crippen LogP contribution is 2.18. The van der Waals surface area contributed by atoms with Gasteiger partial charge in [-0.05, 0) is 31.4 Å². The molecule has 2 fully saturated rings. The third-order valence-electron chi connectivity index (χ3n) is 6.03. The summed E-state index contributed by atoms with van der Waals surface area (Å²) in [5.74, 6) is 2.09. The zero-order valence-corrected chi connectivity index (χ0v) is 21.4. The van der Waals surface area contributed by atoms with E-state index in [1.807, 2.05) is 12.3 Å². The third kappa shape index (κ3) is 7.06. The Kier molecular flexibility index (Phi) is 10.0. The van der Waals surface area contributed by atoms with Crippen LogP contribution < -0.4 is 10.2 Å². The molecule has 0 radical (unpaired) electrons. The maximum absolute atomic E-state index is 4.94. The molecule has 32 heavy (non-hydrogen) atoms. The monoisotopic (exact) mass is 553 g/mol. The first-order valence-corrected chi connectivity index (χ1v) is 11.7. The zero-order chi connectivity index (χ0) is 21.3. The van der Waals surface area contributed by atoms with Crippen LogP contribution in [-0.2, 0) is 13.1 Å². The molecule has 2 aromatic heterocycles. The van der Waals surface area contributed by atoms with E-state index in [9.17, 15) is 0 Å². The van der Waals surface area contributed by atoms with Crippen molar-refractivity contribution in [2.45, 2.75) is 45.7 Å². The van der Waals surface area contributed by atoms with Crippen molar-refractivity contribution >= 4 is 35.8 Å². The van der Waals surface area contributed by atoms with E-state index in [0.717, 1.165) is 75.4 Å². The van der Waals surface area contributed by atoms with E-state index in [1.165, 1.54) is 25.7 Å². The fraction of sp³-hybridized carbons (Fsp3) is 0.609. The van der Waals surface area contributed by atoms with Gasteiger partial charge in [-0.15, -0.1) is 24.0 Å². The van der Waals surface area contributed by atoms with Crippen molar-refractivity contribution in [1.82, 2.24) is 25.3 Å². The van der Waals surface area contributed by atoms with Crippen molar-refractivity contribution in [3.8, 4) is 0 Å². The molecule has 0 amide bonds. The summed E-state index contributed by atoms with van der Waals surface area (Å²) in [6.45, 7) is 10.6. The summed E-state index contributed by atoms with van der Waals surface area (Å²) in [6, 6.07) is 6.27. The zero-order valence-electron chi connectivity index (χ0n) is 19.1. The molecule has 9 heteroatoms. The van der Waals surface area contributed by atoms with Gasteiger partial charge in [0.2, 0.25) is 0 Å². The molecule has 176 valence electrons. The second-order valence-corrected chi connectivity index (χ2v) is 8.35. The number of anilines is 1. The summed E-state index contributed by atoms with van der Waals surface area (Å²) >= 11 is 0. The van der Waals surface area contributed by atoms with Gasteiger partial charge in [0, 0.05) is 64.6 Å². The lowest BCUT2D eigenvalue weighted by atomic mass is 10.2. The molecule has 0 atom stereocenters. The third-order valence-corrected chi connectivity index (χ3v) is 6.03. The standard InChI is InChI=1S/C23H35N7O.HI/c1-2-24-23(30-14-12-28(13-15-30)19-21-9-16-31-27-21)26-18-20-7-8-22(25-17-20)29-10-5-3-4-6-11-29;/h7-9,16-17H,2-6,10-15,18-19H2,1H3,(H,24,26);1H. The van der Waals surface area contributed by atoms with Crippen LogP contribution in [0.5, 0.6) is 0 Å². The van der Waals surface area contributed by atoms with Crippen molar-refractivity contribution in [3.63, 3.8) is 0 Å². The lowest BCUT2D eigenvalue weighted by Crippen LogP contribution is -2.52. The van der Waals surface area contributed by atoms with Gasteiger partial charge in [-0.1, -0.05) is 24.1 Å². The first-order valence-electron chi connectivity index (χ1n) is 11.7. The summed E-state index contributed by atoms with van der Waals surface area (Å²) in [4.78, 5) is 16.8. The topological polar surface area (TPSA) is 73.0 Å². The molecule has 8 nitrogen and oxygen atoms in total. The van der Waals surface area contributed by atoms with Crippen LogP contribution in [-0.4, -0.2) is 71.7 Å². The number of halogens is 1. The Labute approximate surface area is 208 Å². The van der Waals surface area contributed by atoms with Crippen LogP contribution >= 0.6 is 24.0 Å². The van der Waals surface area contributed by atoms with E-state index < -0.39 is 0 Å². The van der Waals surface area contributed by atoms with E-state index >= 15 is 0 Å². The minimum atomic E-state index is 0. The minimum absolute atomic E-state index is 0. The molecule has 0 bridgehead atoms. The first kappa shape index (κ1) is 24.8. The Morgan fingerprint density at radius 3 is 2.44 bits per heavy atom. The highest BCUT2D eigenvalue weighted by Gasteiger charge is 2.20. The Hall–Kier alpha value is -1.88. The van der Waals surface area contributed by atoms with Gasteiger partial charge >= 0.3 is 0 Å². The molecule has 4 heterocycles. The Morgan fingerprint density at radius 1 is 1.03 bits per heavy atom. The first-order chi connectivity index (χ1) is 15.3. The van der Waals surface area contributed by atoms with Gasteiger partial charge in [-0.25, -0.2) is 9.98 Å². The summed E-state index contributed by atoms with van der Waals surface area (Å²) in [6.07, 6.45) is 8.84. The summed E-state index contributed by atoms with van der Waals surface area (Å²) in [5.41, 5.74) is 2.14. The lowest BCUT2D eigenvalue weighted by Gasteiger charge is -2.36. The fourth-order valence-corrected chi connectivity index (χ4v) is 4.26. The molecule has 1 N–H and O–H groups in total. The Morgan fingerprint density at radius 2 is 1.81 bits per heavy atom. The van der Waals surface area contributed by atoms with Gasteiger partial charge < -0.3 is 19.6 Å². The average molecular weight is 553 g/mol. The number of hydrogen-bond acceptors (Lipinski definition) is 6. The van der Waals surface area contributed by atoms with Crippen LogP contribution in [0.3, 0.4) is 0 Å². The molecule has 0 unspecified atom stereocenters. The van der Waals surface area contributed by atoms with Crippen molar-refractivity contribution in [2.75, 3.05) is 50.7 Å². The molecule has 2 aromatic rings. The number of aromatic nitrogens is 2. The van der Waals surface area contributed by atoms with E-state index in [4.69, 9.17) is 14.5 Å². The maximum Gasteiger partial charge on any atom is 0.194 e. The predicted molar refractivity (Wildman–Crippen MR) is 139 cm³/mol. The molecule has 2 aliphatic rings. The van der Waals surface area contributed by atoms with Crippen LogP contribution in [0, 0.1) is 0 Å². The van der Waals surface area contributed by atoms with E-state index in [2.05, 4.69) is 44.2 Å². The van der Waals surface area contributed by atoms with E-state index in [1.54, 1.807) is 6.26 Å². The molecule has 0 spiro atoms. The average Bonchev–Trinajstić information content (AvgIpc) is 3.16. The van der Waals surface area contributed by atoms with Crippen LogP contribution in [0.1, 0.15) is 43.9 Å². The number of rotatable bonds is 6.